The maximum absolute atomic E-state index is 12.8. The van der Waals surface area contributed by atoms with E-state index in [1.54, 1.807) is 28.6 Å². The number of benzene rings is 1. The molecule has 1 heterocycles. The highest BCUT2D eigenvalue weighted by Gasteiger charge is 2.51. The van der Waals surface area contributed by atoms with E-state index in [-0.39, 0.29) is 11.4 Å². The molecule has 1 N–H and O–H groups in total. The predicted molar refractivity (Wildman–Crippen MR) is 112 cm³/mol. The van der Waals surface area contributed by atoms with Crippen molar-refractivity contribution in [2.75, 3.05) is 13.1 Å². The van der Waals surface area contributed by atoms with Crippen LogP contribution in [-0.2, 0) is 21.2 Å². The van der Waals surface area contributed by atoms with Gasteiger partial charge in [0.2, 0.25) is 15.9 Å². The molecular weight excluding hydrogens is 384 g/mol. The van der Waals surface area contributed by atoms with Crippen molar-refractivity contribution in [3.05, 3.63) is 29.8 Å². The fraction of sp³-hybridized carbons (Fsp3) is 0.696. The Morgan fingerprint density at radius 1 is 0.931 bits per heavy atom. The molecule has 4 aliphatic carbocycles. The Hall–Kier alpha value is -1.40. The van der Waals surface area contributed by atoms with E-state index in [1.807, 2.05) is 0 Å². The summed E-state index contributed by atoms with van der Waals surface area (Å²) in [7, 11) is -3.41. The van der Waals surface area contributed by atoms with Crippen molar-refractivity contribution in [1.29, 1.82) is 0 Å². The predicted octanol–water partition coefficient (Wildman–Crippen LogP) is 3.49. The van der Waals surface area contributed by atoms with Crippen LogP contribution >= 0.6 is 0 Å². The molecule has 5 aliphatic rings. The molecule has 158 valence electrons. The third kappa shape index (κ3) is 3.86. The van der Waals surface area contributed by atoms with Gasteiger partial charge >= 0.3 is 0 Å². The molecule has 5 nitrogen and oxygen atoms in total. The number of rotatable bonds is 5. The fourth-order valence-electron chi connectivity index (χ4n) is 6.82. The van der Waals surface area contributed by atoms with Crippen LogP contribution in [0.3, 0.4) is 0 Å². The normalized spacial score (nSPS) is 34.3. The van der Waals surface area contributed by atoms with Gasteiger partial charge in [-0.3, -0.25) is 4.79 Å². The van der Waals surface area contributed by atoms with Crippen molar-refractivity contribution in [1.82, 2.24) is 9.62 Å². The number of piperidine rings is 1. The maximum Gasteiger partial charge on any atom is 0.243 e. The molecule has 6 rings (SSSR count). The van der Waals surface area contributed by atoms with Crippen LogP contribution in [0.15, 0.2) is 29.2 Å². The molecule has 0 radical (unpaired) electrons. The van der Waals surface area contributed by atoms with E-state index in [1.165, 1.54) is 19.3 Å². The number of hydrogen-bond acceptors (Lipinski definition) is 3. The highest BCUT2D eigenvalue weighted by Crippen LogP contribution is 2.55. The van der Waals surface area contributed by atoms with E-state index < -0.39 is 10.0 Å². The molecule has 0 spiro atoms. The zero-order valence-electron chi connectivity index (χ0n) is 17.1. The molecular formula is C23H32N2O3S. The third-order valence-corrected chi connectivity index (χ3v) is 9.60. The van der Waals surface area contributed by atoms with Gasteiger partial charge in [0.05, 0.1) is 11.3 Å². The van der Waals surface area contributed by atoms with E-state index in [0.717, 1.165) is 61.8 Å². The first-order valence-corrected chi connectivity index (χ1v) is 12.8. The summed E-state index contributed by atoms with van der Waals surface area (Å²) in [5.41, 5.74) is 0.911. The van der Waals surface area contributed by atoms with Crippen LogP contribution in [0.2, 0.25) is 0 Å². The second-order valence-corrected chi connectivity index (χ2v) is 12.0. The highest BCUT2D eigenvalue weighted by molar-refractivity contribution is 7.89. The minimum atomic E-state index is -3.41. The summed E-state index contributed by atoms with van der Waals surface area (Å²) in [6, 6.07) is 6.93. The standard InChI is InChI=1S/C23H32N2O3S/c26-22(24-23-14-18-10-19(15-23)12-20(11-18)16-23)13-17-4-6-21(7-5-17)29(27,28)25-8-2-1-3-9-25/h4-7,18-20H,1-3,8-16H2,(H,24,26). The fourth-order valence-corrected chi connectivity index (χ4v) is 8.34. The summed E-state index contributed by atoms with van der Waals surface area (Å²) in [6.07, 6.45) is 10.8. The second kappa shape index (κ2) is 7.38. The van der Waals surface area contributed by atoms with Crippen molar-refractivity contribution in [2.45, 2.75) is 74.6 Å². The maximum atomic E-state index is 12.8. The number of sulfonamides is 1. The molecule has 1 aromatic carbocycles. The zero-order valence-corrected chi connectivity index (χ0v) is 17.9. The van der Waals surface area contributed by atoms with Gasteiger partial charge in [-0.25, -0.2) is 8.42 Å². The molecule has 4 saturated carbocycles. The first-order valence-electron chi connectivity index (χ1n) is 11.3. The van der Waals surface area contributed by atoms with Crippen LogP contribution in [0.4, 0.5) is 0 Å². The van der Waals surface area contributed by atoms with Crippen LogP contribution in [0, 0.1) is 17.8 Å². The summed E-state index contributed by atoms with van der Waals surface area (Å²) >= 11 is 0. The van der Waals surface area contributed by atoms with Crippen LogP contribution in [-0.4, -0.2) is 37.3 Å². The van der Waals surface area contributed by atoms with Gasteiger partial charge in [0.25, 0.3) is 0 Å². The zero-order chi connectivity index (χ0) is 20.1. The summed E-state index contributed by atoms with van der Waals surface area (Å²) in [5.74, 6) is 2.50. The van der Waals surface area contributed by atoms with E-state index in [4.69, 9.17) is 0 Å². The molecule has 1 aromatic rings. The molecule has 5 fully saturated rings. The number of amides is 1. The lowest BCUT2D eigenvalue weighted by Gasteiger charge is -2.56. The Kier molecular flexibility index (Phi) is 4.98. The van der Waals surface area contributed by atoms with Crippen molar-refractivity contribution in [3.8, 4) is 0 Å². The van der Waals surface area contributed by atoms with Crippen molar-refractivity contribution < 1.29 is 13.2 Å². The molecule has 1 amide bonds. The molecule has 4 bridgehead atoms. The largest absolute Gasteiger partial charge is 0.350 e. The average Bonchev–Trinajstić information content (AvgIpc) is 2.67. The molecule has 0 aromatic heterocycles. The van der Waals surface area contributed by atoms with Gasteiger partial charge in [0.1, 0.15) is 0 Å². The Balaban J connectivity index is 1.23. The molecule has 29 heavy (non-hydrogen) atoms. The Morgan fingerprint density at radius 3 is 2.03 bits per heavy atom. The number of hydrogen-bond donors (Lipinski definition) is 1. The van der Waals surface area contributed by atoms with Gasteiger partial charge in [-0.2, -0.15) is 4.31 Å². The number of carbonyl (C=O) groups is 1. The van der Waals surface area contributed by atoms with E-state index in [9.17, 15) is 13.2 Å². The number of nitrogens with one attached hydrogen (secondary N) is 1. The van der Waals surface area contributed by atoms with E-state index >= 15 is 0 Å². The third-order valence-electron chi connectivity index (χ3n) is 7.68. The first-order chi connectivity index (χ1) is 13.9. The first kappa shape index (κ1) is 19.6. The highest BCUT2D eigenvalue weighted by atomic mass is 32.2. The summed E-state index contributed by atoms with van der Waals surface area (Å²) in [6.45, 7) is 1.22. The molecule has 1 aliphatic heterocycles. The summed E-state index contributed by atoms with van der Waals surface area (Å²) in [5, 5.41) is 3.40. The monoisotopic (exact) mass is 416 g/mol. The quantitative estimate of drug-likeness (QED) is 0.799. The summed E-state index contributed by atoms with van der Waals surface area (Å²) < 4.78 is 27.2. The van der Waals surface area contributed by atoms with Crippen molar-refractivity contribution >= 4 is 15.9 Å². The minimum Gasteiger partial charge on any atom is -0.350 e. The van der Waals surface area contributed by atoms with Crippen molar-refractivity contribution in [3.63, 3.8) is 0 Å². The van der Waals surface area contributed by atoms with Gasteiger partial charge in [-0.15, -0.1) is 0 Å². The second-order valence-electron chi connectivity index (χ2n) is 10.0. The molecule has 0 atom stereocenters. The lowest BCUT2D eigenvalue weighted by atomic mass is 9.53. The Morgan fingerprint density at radius 2 is 1.48 bits per heavy atom. The van der Waals surface area contributed by atoms with Gasteiger partial charge in [-0.05, 0) is 86.8 Å². The number of nitrogens with zero attached hydrogens (tertiary/aromatic N) is 1. The van der Waals surface area contributed by atoms with E-state index in [2.05, 4.69) is 5.32 Å². The van der Waals surface area contributed by atoms with Gasteiger partial charge in [0, 0.05) is 18.6 Å². The Bertz CT molecular complexity index is 837. The molecule has 0 unspecified atom stereocenters. The summed E-state index contributed by atoms with van der Waals surface area (Å²) in [4.78, 5) is 13.1. The average molecular weight is 417 g/mol. The van der Waals surface area contributed by atoms with Crippen LogP contribution in [0.1, 0.15) is 63.4 Å². The van der Waals surface area contributed by atoms with Crippen molar-refractivity contribution in [2.24, 2.45) is 17.8 Å². The number of carbonyl (C=O) groups excluding carboxylic acids is 1. The minimum absolute atomic E-state index is 0.0311. The van der Waals surface area contributed by atoms with Gasteiger partial charge < -0.3 is 5.32 Å². The molecule has 6 heteroatoms. The van der Waals surface area contributed by atoms with Gasteiger partial charge in [-0.1, -0.05) is 18.6 Å². The Labute approximate surface area is 174 Å². The van der Waals surface area contributed by atoms with E-state index in [0.29, 0.717) is 24.4 Å². The van der Waals surface area contributed by atoms with Gasteiger partial charge in [0.15, 0.2) is 0 Å². The smallest absolute Gasteiger partial charge is 0.243 e. The van der Waals surface area contributed by atoms with Crippen LogP contribution < -0.4 is 5.32 Å². The van der Waals surface area contributed by atoms with Crippen LogP contribution in [0.25, 0.3) is 0 Å². The SMILES string of the molecule is O=C(Cc1ccc(S(=O)(=O)N2CCCCC2)cc1)NC12CC3CC(CC(C3)C1)C2. The van der Waals surface area contributed by atoms with Crippen LogP contribution in [0.5, 0.6) is 0 Å². The lowest BCUT2D eigenvalue weighted by molar-refractivity contribution is -0.126. The topological polar surface area (TPSA) is 66.5 Å². The lowest BCUT2D eigenvalue weighted by Crippen LogP contribution is -2.60. The molecule has 1 saturated heterocycles.